The molecule has 4 aliphatic heterocycles. The summed E-state index contributed by atoms with van der Waals surface area (Å²) in [6, 6.07) is 1.57. The van der Waals surface area contributed by atoms with Crippen molar-refractivity contribution in [2.24, 2.45) is 52.8 Å². The molecule has 1 amide bonds. The first-order chi connectivity index (χ1) is 64.0. The van der Waals surface area contributed by atoms with Crippen LogP contribution in [0.25, 0.3) is 19.4 Å². The van der Waals surface area contributed by atoms with Crippen molar-refractivity contribution in [3.05, 3.63) is 45.7 Å². The number of phosphoric acid groups is 2. The van der Waals surface area contributed by atoms with E-state index in [1.807, 2.05) is 19.9 Å². The van der Waals surface area contributed by atoms with Crippen LogP contribution in [0.4, 0.5) is 0 Å². The summed E-state index contributed by atoms with van der Waals surface area (Å²) in [5.74, 6) is -0.176. The Hall–Kier alpha value is -3.92. The van der Waals surface area contributed by atoms with Crippen LogP contribution in [0.1, 0.15) is 199 Å². The second-order valence-corrected chi connectivity index (χ2v) is 40.6. The van der Waals surface area contributed by atoms with Gasteiger partial charge in [-0.15, -0.1) is 0 Å². The molecule has 0 radical (unpaired) electrons. The Morgan fingerprint density at radius 1 is 0.391 bits per heavy atom. The molecule has 4 aliphatic rings. The van der Waals surface area contributed by atoms with Gasteiger partial charge < -0.3 is 127 Å². The Bertz CT molecular complexity index is 3370. The average molecular weight is 1990 g/mol. The fraction of sp³-hybridized carbons (Fsp3) is 0.898. The van der Waals surface area contributed by atoms with Gasteiger partial charge in [0.1, 0.15) is 58.5 Å². The van der Waals surface area contributed by atoms with Crippen LogP contribution < -0.4 is 5.32 Å². The molecule has 0 bridgehead atoms. The normalized spacial score (nSPS) is 26.2. The lowest BCUT2D eigenvalue weighted by molar-refractivity contribution is -0.255. The van der Waals surface area contributed by atoms with E-state index in [1.165, 1.54) is 27.7 Å². The second kappa shape index (κ2) is 72.4. The van der Waals surface area contributed by atoms with E-state index in [9.17, 15) is 29.0 Å². The van der Waals surface area contributed by atoms with Gasteiger partial charge in [-0.3, -0.25) is 46.3 Å². The van der Waals surface area contributed by atoms with Crippen molar-refractivity contribution >= 4 is 65.3 Å². The molecule has 0 aromatic heterocycles. The Morgan fingerprint density at radius 3 is 1.12 bits per heavy atom. The first kappa shape index (κ1) is 121. The molecule has 1 N–H and O–H groups in total. The maximum Gasteiger partial charge on any atom is 0.475 e. The van der Waals surface area contributed by atoms with E-state index in [2.05, 4.69) is 66.2 Å². The fourth-order valence-electron chi connectivity index (χ4n) is 14.3. The monoisotopic (exact) mass is 1990 g/mol. The summed E-state index contributed by atoms with van der Waals surface area (Å²) in [6.45, 7) is 54.8. The van der Waals surface area contributed by atoms with Crippen molar-refractivity contribution in [3.63, 3.8) is 0 Å². The molecule has 4 saturated heterocycles. The lowest BCUT2D eigenvalue weighted by Crippen LogP contribution is -2.58. The van der Waals surface area contributed by atoms with Crippen LogP contribution in [0.2, 0.25) is 0 Å². The second-order valence-electron chi connectivity index (χ2n) is 33.5. The zero-order chi connectivity index (χ0) is 97.5. The van der Waals surface area contributed by atoms with E-state index in [0.717, 1.165) is 58.5 Å². The highest BCUT2D eigenvalue weighted by molar-refractivity contribution is 7.48. The molecule has 764 valence electrons. The number of nitriles is 1. The molecule has 133 heavy (non-hydrogen) atoms. The topological polar surface area (TPSA) is 414 Å². The molecular weight excluding hydrogens is 1840 g/mol. The fourth-order valence-corrected chi connectivity index (χ4v) is 19.7. The van der Waals surface area contributed by atoms with Crippen LogP contribution in [0.15, 0.2) is 0 Å². The van der Waals surface area contributed by atoms with Gasteiger partial charge in [-0.2, -0.15) is 5.26 Å². The number of ether oxygens (including phenoxy) is 13. The van der Waals surface area contributed by atoms with Crippen molar-refractivity contribution in [2.75, 3.05) is 198 Å². The average Bonchev–Trinajstić information content (AvgIpc) is 1.56. The van der Waals surface area contributed by atoms with Crippen LogP contribution in [0.5, 0.6) is 0 Å². The third-order valence-electron chi connectivity index (χ3n) is 22.9. The van der Waals surface area contributed by atoms with E-state index in [4.69, 9.17) is 156 Å². The number of hydrogen-bond donors (Lipinski definition) is 1. The van der Waals surface area contributed by atoms with Gasteiger partial charge in [-0.25, -0.2) is 35.4 Å². The number of carbonyl (C=O) groups excluding carboxylic acids is 4. The number of phosphoric ester groups is 2. The largest absolute Gasteiger partial charge is 0.475 e. The minimum absolute atomic E-state index is 0.0329. The molecule has 0 spiro atoms. The highest BCUT2D eigenvalue weighted by Gasteiger charge is 2.47. The summed E-state index contributed by atoms with van der Waals surface area (Å²) in [5.41, 5.74) is -1.35. The highest BCUT2D eigenvalue weighted by Crippen LogP contribution is 2.55. The van der Waals surface area contributed by atoms with Crippen LogP contribution in [-0.2, 0) is 158 Å². The van der Waals surface area contributed by atoms with Crippen molar-refractivity contribution in [1.82, 2.24) is 5.32 Å². The number of rotatable bonds is 79. The van der Waals surface area contributed by atoms with E-state index in [-0.39, 0.29) is 217 Å². The van der Waals surface area contributed by atoms with Crippen molar-refractivity contribution in [2.45, 2.75) is 261 Å². The summed E-state index contributed by atoms with van der Waals surface area (Å²) >= 11 is 0. The molecular formula is C88H153N6O34P5. The van der Waals surface area contributed by atoms with Crippen molar-refractivity contribution in [1.29, 1.82) is 5.26 Å². The number of nitrogens with zero attached hydrogens (tertiary/aromatic N) is 5. The molecule has 23 atom stereocenters. The Balaban J connectivity index is 1.53. The summed E-state index contributed by atoms with van der Waals surface area (Å²) in [7, 11) is -13.5. The van der Waals surface area contributed by atoms with Gasteiger partial charge >= 0.3 is 59.4 Å². The van der Waals surface area contributed by atoms with Gasteiger partial charge in [0.15, 0.2) is 18.9 Å². The maximum atomic E-state index is 15.2. The Kier molecular flexibility index (Phi) is 66.0. The minimum atomic E-state index is -4.74. The SMILES string of the molecule is [C-]#[N+]CCOP(OCCCCCCO[C@@H]1OC(COC(C)=O)[C@H](C)[C@H](C)C1C)OCCCOCC(COCCCOP(OCCCCCCO[C@@H]1OC(COC(C)=O)[C@H](C)[C@H](C)C1C)OCC[N+]#[C-])(COCCCOP(OCCCCCCO[C@@H]1OC(COC(C)=O)[C@H](C)[C@H](C)C1NC(C)=O)OCC[N+]#[C-])COP(=O)(OCCC#N)OC[C@H]1O[C@@H](C)C[C@@H]1OP(=O)(OC)OCC[N+]#[C-]. The number of nitrogens with one attached hydrogen (secondary N) is 1. The molecule has 4 fully saturated rings. The molecule has 45 heteroatoms. The molecule has 40 nitrogen and oxygen atoms in total. The predicted molar refractivity (Wildman–Crippen MR) is 489 cm³/mol. The number of amides is 1. The maximum absolute atomic E-state index is 15.2. The van der Waals surface area contributed by atoms with Gasteiger partial charge in [0.2, 0.25) is 32.1 Å². The van der Waals surface area contributed by atoms with E-state index in [0.29, 0.717) is 89.8 Å². The van der Waals surface area contributed by atoms with E-state index in [1.54, 1.807) is 6.92 Å². The molecule has 4 heterocycles. The van der Waals surface area contributed by atoms with Gasteiger partial charge in [-0.05, 0) is 100 Å². The molecule has 0 aromatic carbocycles. The third kappa shape index (κ3) is 51.9. The van der Waals surface area contributed by atoms with Crippen LogP contribution in [0, 0.1) is 90.4 Å². The molecule has 4 rings (SSSR count). The molecule has 11 unspecified atom stereocenters. The first-order valence-corrected chi connectivity index (χ1v) is 52.9. The first-order valence-electron chi connectivity index (χ1n) is 46.7. The van der Waals surface area contributed by atoms with Gasteiger partial charge in [0, 0.05) is 92.7 Å². The summed E-state index contributed by atoms with van der Waals surface area (Å²) in [6.07, 6.45) is 4.99. The van der Waals surface area contributed by atoms with Gasteiger partial charge in [0.05, 0.1) is 128 Å². The number of carbonyl (C=O) groups is 4. The van der Waals surface area contributed by atoms with Crippen LogP contribution in [0.3, 0.4) is 0 Å². The summed E-state index contributed by atoms with van der Waals surface area (Å²) < 4.78 is 197. The van der Waals surface area contributed by atoms with Crippen molar-refractivity contribution in [3.8, 4) is 6.07 Å². The molecule has 0 saturated carbocycles. The zero-order valence-corrected chi connectivity index (χ0v) is 85.2. The van der Waals surface area contributed by atoms with E-state index >= 15 is 4.57 Å². The standard InChI is InChI=1S/C88H153N6O34P5/c1-66-57-79(128-132(99,101-18)121-56-39-93-17)83(124-66)61-122-133(100,120-52-31-35-89)123-65-88(62-102-40-32-49-114-129(117-53-36-90-14)111-46-28-22-19-25-43-105-85-73(8)67(2)69(4)80(125-85)58-108-76(11)96,63-103-41-33-50-115-130(118-54-37-91-15)112-47-29-23-20-26-44-106-86-74(9)68(3)70(5)81(126-86)59-109-77(12)97)64-104-42-34-51-116-131(119-55-38-92-16)113-48-30-24-21-27-45-107-87-84(94-75(10)95)72(7)71(6)82(127-87)60-110-78(13)98/h66-74,79-87H,19-34,36-65H2,1-13,18H3,(H,94,95)/t66-,67-,68-,69+,70+,71+,72-,73?,74?,79-,80?,81?,82?,83+,84?,85+,86+,87+,88?,129?,130?,131?,132?,133?/m0/s1. The Morgan fingerprint density at radius 2 is 0.744 bits per heavy atom. The number of hydrogen-bond acceptors (Lipinski definition) is 35. The molecule has 0 aromatic rings. The number of unbranched alkanes of at least 4 members (excludes halogenated alkanes) is 9. The van der Waals surface area contributed by atoms with E-state index < -0.39 is 122 Å². The third-order valence-corrected chi connectivity index (χ3v) is 29.3. The lowest BCUT2D eigenvalue weighted by atomic mass is 9.79. The van der Waals surface area contributed by atoms with Gasteiger partial charge in [-0.1, -0.05) is 93.9 Å². The number of esters is 3. The minimum Gasteiger partial charge on any atom is -0.463 e. The summed E-state index contributed by atoms with van der Waals surface area (Å²) in [4.78, 5) is 60.6. The highest BCUT2D eigenvalue weighted by atomic mass is 31.2. The lowest BCUT2D eigenvalue weighted by Gasteiger charge is -2.44. The van der Waals surface area contributed by atoms with Crippen molar-refractivity contribution < 1.29 is 158 Å². The Labute approximate surface area is 793 Å². The zero-order valence-electron chi connectivity index (χ0n) is 80.8. The smallest absolute Gasteiger partial charge is 0.463 e. The molecule has 0 aliphatic carbocycles. The summed E-state index contributed by atoms with van der Waals surface area (Å²) in [5, 5.41) is 12.7. The van der Waals surface area contributed by atoms with Crippen LogP contribution >= 0.6 is 41.5 Å². The predicted octanol–water partition coefficient (Wildman–Crippen LogP) is 16.3. The van der Waals surface area contributed by atoms with Crippen LogP contribution in [-0.4, -0.2) is 284 Å². The quantitative estimate of drug-likeness (QED) is 0.0194. The van der Waals surface area contributed by atoms with Gasteiger partial charge in [0.25, 0.3) is 0 Å².